The average molecular weight is 260 g/mol. The summed E-state index contributed by atoms with van der Waals surface area (Å²) in [4.78, 5) is 13.6. The van der Waals surface area contributed by atoms with Crippen LogP contribution >= 0.6 is 11.3 Å². The molecule has 3 nitrogen and oxygen atoms in total. The van der Waals surface area contributed by atoms with Crippen LogP contribution in [0, 0.1) is 13.8 Å². The van der Waals surface area contributed by atoms with Crippen LogP contribution in [0.15, 0.2) is 30.3 Å². The van der Waals surface area contributed by atoms with Crippen LogP contribution in [-0.2, 0) is 6.54 Å². The van der Waals surface area contributed by atoms with Crippen LogP contribution < -0.4 is 11.1 Å². The molecular formula is C14H16N2OS. The predicted molar refractivity (Wildman–Crippen MR) is 75.8 cm³/mol. The number of carbonyl (C=O) groups is 1. The molecule has 0 radical (unpaired) electrons. The Morgan fingerprint density at radius 2 is 2.11 bits per heavy atom. The molecule has 0 saturated heterocycles. The van der Waals surface area contributed by atoms with Crippen LogP contribution in [0.2, 0.25) is 0 Å². The molecule has 1 amide bonds. The van der Waals surface area contributed by atoms with Crippen LogP contribution in [0.1, 0.15) is 25.7 Å². The summed E-state index contributed by atoms with van der Waals surface area (Å²) >= 11 is 1.42. The quantitative estimate of drug-likeness (QED) is 0.891. The molecule has 0 unspecified atom stereocenters. The molecule has 3 N–H and O–H groups in total. The number of nitrogens with two attached hydrogens (primary N) is 1. The van der Waals surface area contributed by atoms with E-state index >= 15 is 0 Å². The Morgan fingerprint density at radius 3 is 2.72 bits per heavy atom. The third-order valence-electron chi connectivity index (χ3n) is 2.72. The number of carbonyl (C=O) groups excluding carboxylic acids is 1. The lowest BCUT2D eigenvalue weighted by Gasteiger charge is -2.04. The smallest absolute Gasteiger partial charge is 0.261 e. The minimum Gasteiger partial charge on any atom is -0.398 e. The summed E-state index contributed by atoms with van der Waals surface area (Å²) < 4.78 is 0. The minimum atomic E-state index is -0.0682. The first kappa shape index (κ1) is 12.6. The second-order valence-corrected chi connectivity index (χ2v) is 5.55. The molecule has 0 atom stereocenters. The molecule has 2 aromatic rings. The summed E-state index contributed by atoms with van der Waals surface area (Å²) in [5.41, 5.74) is 8.71. The van der Waals surface area contributed by atoms with E-state index in [4.69, 9.17) is 5.73 Å². The maximum atomic E-state index is 11.9. The number of hydrogen-bond donors (Lipinski definition) is 2. The monoisotopic (exact) mass is 260 g/mol. The summed E-state index contributed by atoms with van der Waals surface area (Å²) in [5, 5.41) is 2.90. The second-order valence-electron chi connectivity index (χ2n) is 4.29. The van der Waals surface area contributed by atoms with Crippen molar-refractivity contribution in [3.05, 3.63) is 51.2 Å². The number of anilines is 1. The lowest BCUT2D eigenvalue weighted by atomic mass is 10.1. The fourth-order valence-electron chi connectivity index (χ4n) is 1.70. The molecule has 0 fully saturated rings. The zero-order valence-corrected chi connectivity index (χ0v) is 11.3. The number of amides is 1. The van der Waals surface area contributed by atoms with Crippen LogP contribution in [0.4, 0.5) is 5.69 Å². The van der Waals surface area contributed by atoms with E-state index in [9.17, 15) is 4.79 Å². The molecule has 0 saturated carbocycles. The van der Waals surface area contributed by atoms with E-state index in [1.165, 1.54) is 16.9 Å². The van der Waals surface area contributed by atoms with Crippen molar-refractivity contribution >= 4 is 22.9 Å². The van der Waals surface area contributed by atoms with Crippen LogP contribution in [0.25, 0.3) is 0 Å². The molecule has 1 aromatic heterocycles. The highest BCUT2D eigenvalue weighted by atomic mass is 32.1. The van der Waals surface area contributed by atoms with Gasteiger partial charge in [0.1, 0.15) is 0 Å². The Bertz CT molecular complexity index is 555. The molecule has 94 valence electrons. The van der Waals surface area contributed by atoms with E-state index in [-0.39, 0.29) is 5.91 Å². The average Bonchev–Trinajstić information content (AvgIpc) is 2.67. The maximum Gasteiger partial charge on any atom is 0.261 e. The van der Waals surface area contributed by atoms with E-state index in [2.05, 4.69) is 11.4 Å². The Morgan fingerprint density at radius 1 is 1.33 bits per heavy atom. The van der Waals surface area contributed by atoms with E-state index < -0.39 is 0 Å². The molecule has 2 rings (SSSR count). The van der Waals surface area contributed by atoms with Gasteiger partial charge in [0.15, 0.2) is 0 Å². The third-order valence-corrected chi connectivity index (χ3v) is 3.78. The first-order chi connectivity index (χ1) is 8.56. The lowest BCUT2D eigenvalue weighted by molar-refractivity contribution is 0.0955. The number of aryl methyl sites for hydroxylation is 2. The summed E-state index contributed by atoms with van der Waals surface area (Å²) in [6.45, 7) is 4.49. The van der Waals surface area contributed by atoms with Crippen molar-refractivity contribution < 1.29 is 4.79 Å². The van der Waals surface area contributed by atoms with Gasteiger partial charge in [-0.15, -0.1) is 11.3 Å². The molecule has 0 aliphatic heterocycles. The van der Waals surface area contributed by atoms with Crippen molar-refractivity contribution in [3.8, 4) is 0 Å². The molecule has 18 heavy (non-hydrogen) atoms. The van der Waals surface area contributed by atoms with Crippen LogP contribution in [0.5, 0.6) is 0 Å². The van der Waals surface area contributed by atoms with Crippen LogP contribution in [-0.4, -0.2) is 5.91 Å². The number of hydrogen-bond acceptors (Lipinski definition) is 3. The van der Waals surface area contributed by atoms with Crippen molar-refractivity contribution in [2.45, 2.75) is 20.4 Å². The number of nitrogens with one attached hydrogen (secondary N) is 1. The molecule has 0 aliphatic rings. The van der Waals surface area contributed by atoms with Gasteiger partial charge >= 0.3 is 0 Å². The molecule has 0 bridgehead atoms. The zero-order chi connectivity index (χ0) is 13.1. The fourth-order valence-corrected chi connectivity index (χ4v) is 2.56. The highest BCUT2D eigenvalue weighted by Gasteiger charge is 2.10. The zero-order valence-electron chi connectivity index (χ0n) is 10.5. The normalized spacial score (nSPS) is 10.3. The number of rotatable bonds is 3. The third kappa shape index (κ3) is 2.90. The largest absolute Gasteiger partial charge is 0.398 e. The van der Waals surface area contributed by atoms with E-state index in [1.807, 2.05) is 32.0 Å². The van der Waals surface area contributed by atoms with Gasteiger partial charge in [-0.1, -0.05) is 29.8 Å². The summed E-state index contributed by atoms with van der Waals surface area (Å²) in [6.07, 6.45) is 0. The van der Waals surface area contributed by atoms with Gasteiger partial charge in [0.05, 0.1) is 4.88 Å². The van der Waals surface area contributed by atoms with Crippen molar-refractivity contribution in [1.29, 1.82) is 0 Å². The maximum absolute atomic E-state index is 11.9. The van der Waals surface area contributed by atoms with E-state index in [0.717, 1.165) is 10.4 Å². The van der Waals surface area contributed by atoms with Crippen molar-refractivity contribution in [2.75, 3.05) is 5.73 Å². The van der Waals surface area contributed by atoms with Gasteiger partial charge in [-0.2, -0.15) is 0 Å². The number of thiophene rings is 1. The van der Waals surface area contributed by atoms with Gasteiger partial charge in [0, 0.05) is 17.1 Å². The van der Waals surface area contributed by atoms with Crippen molar-refractivity contribution in [3.63, 3.8) is 0 Å². The van der Waals surface area contributed by atoms with Gasteiger partial charge in [0.2, 0.25) is 0 Å². The first-order valence-corrected chi connectivity index (χ1v) is 6.57. The van der Waals surface area contributed by atoms with Gasteiger partial charge < -0.3 is 11.1 Å². The van der Waals surface area contributed by atoms with Gasteiger partial charge in [-0.25, -0.2) is 0 Å². The van der Waals surface area contributed by atoms with Gasteiger partial charge in [-0.05, 0) is 25.5 Å². The highest BCUT2D eigenvalue weighted by molar-refractivity contribution is 7.14. The second kappa shape index (κ2) is 5.23. The van der Waals surface area contributed by atoms with Crippen molar-refractivity contribution in [1.82, 2.24) is 5.32 Å². The van der Waals surface area contributed by atoms with E-state index in [1.54, 1.807) is 6.07 Å². The van der Waals surface area contributed by atoms with Crippen molar-refractivity contribution in [2.24, 2.45) is 0 Å². The Labute approximate surface area is 111 Å². The Balaban J connectivity index is 2.00. The minimum absolute atomic E-state index is 0.0682. The topological polar surface area (TPSA) is 55.1 Å². The Hall–Kier alpha value is -1.81. The van der Waals surface area contributed by atoms with Gasteiger partial charge in [-0.3, -0.25) is 4.79 Å². The Kier molecular flexibility index (Phi) is 3.67. The highest BCUT2D eigenvalue weighted by Crippen LogP contribution is 2.23. The molecule has 4 heteroatoms. The molecule has 1 aromatic carbocycles. The summed E-state index contributed by atoms with van der Waals surface area (Å²) in [6, 6.07) is 9.82. The first-order valence-electron chi connectivity index (χ1n) is 5.76. The fraction of sp³-hybridized carbons (Fsp3) is 0.214. The number of nitrogen functional groups attached to an aromatic ring is 1. The standard InChI is InChI=1S/C14H16N2OS/c1-9-4-3-5-11(6-9)8-16-14(17)13-7-12(15)10(2)18-13/h3-7H,8,15H2,1-2H3,(H,16,17). The molecule has 0 spiro atoms. The molecule has 1 heterocycles. The molecular weight excluding hydrogens is 244 g/mol. The SMILES string of the molecule is Cc1cccc(CNC(=O)c2cc(N)c(C)s2)c1. The predicted octanol–water partition coefficient (Wildman–Crippen LogP) is 2.88. The van der Waals surface area contributed by atoms with Gasteiger partial charge in [0.25, 0.3) is 5.91 Å². The van der Waals surface area contributed by atoms with Crippen LogP contribution in [0.3, 0.4) is 0 Å². The molecule has 0 aliphatic carbocycles. The lowest BCUT2D eigenvalue weighted by Crippen LogP contribution is -2.21. The van der Waals surface area contributed by atoms with E-state index in [0.29, 0.717) is 17.1 Å². The summed E-state index contributed by atoms with van der Waals surface area (Å²) in [5.74, 6) is -0.0682. The number of benzene rings is 1. The summed E-state index contributed by atoms with van der Waals surface area (Å²) in [7, 11) is 0.